The maximum atomic E-state index is 12.4. The van der Waals surface area contributed by atoms with Gasteiger partial charge in [-0.05, 0) is 24.6 Å². The van der Waals surface area contributed by atoms with E-state index >= 15 is 0 Å². The van der Waals surface area contributed by atoms with E-state index in [2.05, 4.69) is 48.2 Å². The third-order valence-corrected chi connectivity index (χ3v) is 5.35. The average molecular weight is 340 g/mol. The molecule has 1 saturated heterocycles. The Balaban J connectivity index is 1.42. The van der Waals surface area contributed by atoms with Crippen LogP contribution in [-0.4, -0.2) is 47.6 Å². The van der Waals surface area contributed by atoms with Crippen LogP contribution in [0.2, 0.25) is 0 Å². The van der Waals surface area contributed by atoms with Gasteiger partial charge in [0.15, 0.2) is 0 Å². The maximum Gasteiger partial charge on any atom is 0.233 e. The standard InChI is InChI=1S/C20H24N2OS/c1-17-7-9-18(10-8-17)15-21-11-13-22(14-12-21)20(23)16-24-19-5-3-2-4-6-19/h2-10H,11-16H2,1H3. The minimum absolute atomic E-state index is 0.249. The molecule has 24 heavy (non-hydrogen) atoms. The van der Waals surface area contributed by atoms with Crippen LogP contribution in [0.5, 0.6) is 0 Å². The fourth-order valence-corrected chi connectivity index (χ4v) is 3.68. The minimum atomic E-state index is 0.249. The van der Waals surface area contributed by atoms with Gasteiger partial charge in [0.05, 0.1) is 5.75 Å². The monoisotopic (exact) mass is 340 g/mol. The Morgan fingerprint density at radius 1 is 0.958 bits per heavy atom. The van der Waals surface area contributed by atoms with Crippen LogP contribution in [0, 0.1) is 6.92 Å². The fourth-order valence-electron chi connectivity index (χ4n) is 2.86. The van der Waals surface area contributed by atoms with Crippen LogP contribution in [0.15, 0.2) is 59.5 Å². The van der Waals surface area contributed by atoms with Crippen LogP contribution in [0.1, 0.15) is 11.1 Å². The Morgan fingerprint density at radius 2 is 1.62 bits per heavy atom. The molecule has 0 spiro atoms. The number of aryl methyl sites for hydroxylation is 1. The summed E-state index contributed by atoms with van der Waals surface area (Å²) in [5, 5.41) is 0. The molecule has 0 bridgehead atoms. The van der Waals surface area contributed by atoms with E-state index in [1.54, 1.807) is 11.8 Å². The maximum absolute atomic E-state index is 12.4. The van der Waals surface area contributed by atoms with E-state index in [0.717, 1.165) is 37.6 Å². The van der Waals surface area contributed by atoms with Gasteiger partial charge in [-0.2, -0.15) is 0 Å². The van der Waals surface area contributed by atoms with E-state index < -0.39 is 0 Å². The van der Waals surface area contributed by atoms with Gasteiger partial charge < -0.3 is 4.90 Å². The van der Waals surface area contributed by atoms with Gasteiger partial charge in [-0.25, -0.2) is 0 Å². The highest BCUT2D eigenvalue weighted by Crippen LogP contribution is 2.18. The normalized spacial score (nSPS) is 15.5. The van der Waals surface area contributed by atoms with Crippen molar-refractivity contribution in [2.75, 3.05) is 31.9 Å². The smallest absolute Gasteiger partial charge is 0.233 e. The molecule has 1 fully saturated rings. The van der Waals surface area contributed by atoms with Gasteiger partial charge >= 0.3 is 0 Å². The number of carbonyl (C=O) groups excluding carboxylic acids is 1. The van der Waals surface area contributed by atoms with Gasteiger partial charge in [-0.3, -0.25) is 9.69 Å². The van der Waals surface area contributed by atoms with Gasteiger partial charge in [0, 0.05) is 37.6 Å². The predicted octanol–water partition coefficient (Wildman–Crippen LogP) is 3.43. The second-order valence-corrected chi connectivity index (χ2v) is 7.29. The number of rotatable bonds is 5. The topological polar surface area (TPSA) is 23.6 Å². The van der Waals surface area contributed by atoms with Crippen LogP contribution in [0.25, 0.3) is 0 Å². The molecule has 2 aromatic rings. The number of amides is 1. The molecule has 0 N–H and O–H groups in total. The molecular weight excluding hydrogens is 316 g/mol. The highest BCUT2D eigenvalue weighted by Gasteiger charge is 2.21. The lowest BCUT2D eigenvalue weighted by Gasteiger charge is -2.34. The fraction of sp³-hybridized carbons (Fsp3) is 0.350. The van der Waals surface area contributed by atoms with Gasteiger partial charge in [0.1, 0.15) is 0 Å². The molecule has 0 unspecified atom stereocenters. The molecule has 2 aromatic carbocycles. The molecule has 4 heteroatoms. The molecule has 0 atom stereocenters. The largest absolute Gasteiger partial charge is 0.339 e. The number of benzene rings is 2. The Labute approximate surface area is 148 Å². The molecule has 3 nitrogen and oxygen atoms in total. The number of piperazine rings is 1. The van der Waals surface area contributed by atoms with Crippen LogP contribution in [0.4, 0.5) is 0 Å². The molecule has 1 aliphatic rings. The van der Waals surface area contributed by atoms with Crippen LogP contribution in [-0.2, 0) is 11.3 Å². The van der Waals surface area contributed by atoms with E-state index in [1.165, 1.54) is 11.1 Å². The van der Waals surface area contributed by atoms with E-state index in [1.807, 2.05) is 23.1 Å². The van der Waals surface area contributed by atoms with Crippen molar-refractivity contribution in [2.24, 2.45) is 0 Å². The lowest BCUT2D eigenvalue weighted by Crippen LogP contribution is -2.48. The van der Waals surface area contributed by atoms with E-state index in [0.29, 0.717) is 5.75 Å². The molecule has 1 heterocycles. The van der Waals surface area contributed by atoms with Crippen molar-refractivity contribution in [3.63, 3.8) is 0 Å². The quantitative estimate of drug-likeness (QED) is 0.779. The summed E-state index contributed by atoms with van der Waals surface area (Å²) in [6, 6.07) is 18.8. The van der Waals surface area contributed by atoms with Gasteiger partial charge in [0.2, 0.25) is 5.91 Å². The second-order valence-electron chi connectivity index (χ2n) is 6.24. The van der Waals surface area contributed by atoms with Gasteiger partial charge in [0.25, 0.3) is 0 Å². The zero-order chi connectivity index (χ0) is 16.8. The third-order valence-electron chi connectivity index (χ3n) is 4.36. The van der Waals surface area contributed by atoms with E-state index in [9.17, 15) is 4.79 Å². The van der Waals surface area contributed by atoms with E-state index in [4.69, 9.17) is 0 Å². The summed E-state index contributed by atoms with van der Waals surface area (Å²) in [5.41, 5.74) is 2.64. The summed E-state index contributed by atoms with van der Waals surface area (Å²) in [7, 11) is 0. The van der Waals surface area contributed by atoms with E-state index in [-0.39, 0.29) is 5.91 Å². The molecule has 1 amide bonds. The first kappa shape index (κ1) is 17.1. The van der Waals surface area contributed by atoms with Crippen molar-refractivity contribution in [2.45, 2.75) is 18.4 Å². The molecule has 0 aliphatic carbocycles. The minimum Gasteiger partial charge on any atom is -0.339 e. The summed E-state index contributed by atoms with van der Waals surface area (Å²) in [5.74, 6) is 0.779. The Morgan fingerprint density at radius 3 is 2.29 bits per heavy atom. The summed E-state index contributed by atoms with van der Waals surface area (Å²) in [6.45, 7) is 6.66. The summed E-state index contributed by atoms with van der Waals surface area (Å²) in [6.07, 6.45) is 0. The third kappa shape index (κ3) is 4.86. The highest BCUT2D eigenvalue weighted by atomic mass is 32.2. The van der Waals surface area contributed by atoms with Crippen molar-refractivity contribution in [3.05, 3.63) is 65.7 Å². The molecule has 3 rings (SSSR count). The van der Waals surface area contributed by atoms with Crippen LogP contribution >= 0.6 is 11.8 Å². The zero-order valence-electron chi connectivity index (χ0n) is 14.1. The van der Waals surface area contributed by atoms with Gasteiger partial charge in [-0.1, -0.05) is 48.0 Å². The summed E-state index contributed by atoms with van der Waals surface area (Å²) < 4.78 is 0. The molecule has 1 aliphatic heterocycles. The predicted molar refractivity (Wildman–Crippen MR) is 100 cm³/mol. The lowest BCUT2D eigenvalue weighted by atomic mass is 10.1. The second kappa shape index (κ2) is 8.36. The van der Waals surface area contributed by atoms with Crippen molar-refractivity contribution in [1.82, 2.24) is 9.80 Å². The van der Waals surface area contributed by atoms with Gasteiger partial charge in [-0.15, -0.1) is 11.8 Å². The highest BCUT2D eigenvalue weighted by molar-refractivity contribution is 8.00. The molecular formula is C20H24N2OS. The Bertz CT molecular complexity index is 649. The molecule has 0 aromatic heterocycles. The van der Waals surface area contributed by atoms with Crippen molar-refractivity contribution in [3.8, 4) is 0 Å². The van der Waals surface area contributed by atoms with Crippen LogP contribution < -0.4 is 0 Å². The zero-order valence-corrected chi connectivity index (χ0v) is 15.0. The molecule has 126 valence electrons. The van der Waals surface area contributed by atoms with Crippen LogP contribution in [0.3, 0.4) is 0 Å². The SMILES string of the molecule is Cc1ccc(CN2CCN(C(=O)CSc3ccccc3)CC2)cc1. The number of thioether (sulfide) groups is 1. The first-order valence-corrected chi connectivity index (χ1v) is 9.43. The lowest BCUT2D eigenvalue weighted by molar-refractivity contribution is -0.130. The Hall–Kier alpha value is -1.78. The number of hydrogen-bond acceptors (Lipinski definition) is 3. The van der Waals surface area contributed by atoms with Crippen molar-refractivity contribution < 1.29 is 4.79 Å². The summed E-state index contributed by atoms with van der Waals surface area (Å²) in [4.78, 5) is 17.9. The first-order valence-electron chi connectivity index (χ1n) is 8.44. The molecule has 0 radical (unpaired) electrons. The average Bonchev–Trinajstić information content (AvgIpc) is 2.63. The first-order chi connectivity index (χ1) is 11.7. The number of hydrogen-bond donors (Lipinski definition) is 0. The number of nitrogens with zero attached hydrogens (tertiary/aromatic N) is 2. The number of carbonyl (C=O) groups is 1. The van der Waals surface area contributed by atoms with Crippen molar-refractivity contribution in [1.29, 1.82) is 0 Å². The summed E-state index contributed by atoms with van der Waals surface area (Å²) >= 11 is 1.62. The molecule has 0 saturated carbocycles. The van der Waals surface area contributed by atoms with Crippen molar-refractivity contribution >= 4 is 17.7 Å². The Kier molecular flexibility index (Phi) is 5.94.